The fourth-order valence-corrected chi connectivity index (χ4v) is 6.01. The second kappa shape index (κ2) is 21.0. The molecule has 338 valence electrons. The molecular formula is C44H42N7O14-. The summed E-state index contributed by atoms with van der Waals surface area (Å²) in [4.78, 5) is 89.9. The van der Waals surface area contributed by atoms with Crippen molar-refractivity contribution in [1.82, 2.24) is 5.32 Å². The first-order chi connectivity index (χ1) is 30.9. The maximum absolute atomic E-state index is 13.5. The Morgan fingerprint density at radius 1 is 0.662 bits per heavy atom. The largest absolute Gasteiger partial charge is 0.733 e. The summed E-state index contributed by atoms with van der Waals surface area (Å²) in [6.45, 7) is 3.31. The number of aromatic hydroxyl groups is 1. The van der Waals surface area contributed by atoms with Crippen molar-refractivity contribution in [2.45, 2.75) is 32.1 Å². The molecule has 2 atom stereocenters. The fourth-order valence-electron chi connectivity index (χ4n) is 6.01. The van der Waals surface area contributed by atoms with Gasteiger partial charge in [-0.05, 0) is 117 Å². The molecule has 0 heterocycles. The van der Waals surface area contributed by atoms with Crippen LogP contribution in [-0.2, 0) is 14.3 Å². The van der Waals surface area contributed by atoms with Gasteiger partial charge in [-0.2, -0.15) is 0 Å². The summed E-state index contributed by atoms with van der Waals surface area (Å²) in [5.41, 5.74) is 5.90. The SMILES string of the molecule is COc1cc(C(=O)O)ccc1NC(=O)c1ccc(NC(=O)c2ccc(NC(=O)C(NC(=O)c3ccc(NC(=O)c4ccc(N([O-])O)cc4)cc3)C(OC)C(N)=O)cc2)c(OC(C)C)c1O. The van der Waals surface area contributed by atoms with Crippen molar-refractivity contribution in [2.24, 2.45) is 5.73 Å². The zero-order chi connectivity index (χ0) is 47.5. The topological polar surface area (TPSA) is 320 Å². The summed E-state index contributed by atoms with van der Waals surface area (Å²) < 4.78 is 16.1. The zero-order valence-electron chi connectivity index (χ0n) is 34.9. The molecule has 0 radical (unpaired) electrons. The molecule has 2 unspecified atom stereocenters. The van der Waals surface area contributed by atoms with Gasteiger partial charge in [0.1, 0.15) is 11.8 Å². The van der Waals surface area contributed by atoms with Crippen LogP contribution in [0.1, 0.15) is 65.6 Å². The highest BCUT2D eigenvalue weighted by Crippen LogP contribution is 2.39. The number of primary amides is 1. The number of benzene rings is 5. The molecule has 0 fully saturated rings. The molecule has 21 heteroatoms. The number of hydrogen-bond acceptors (Lipinski definition) is 14. The molecule has 10 N–H and O–H groups in total. The lowest BCUT2D eigenvalue weighted by Gasteiger charge is -2.24. The van der Waals surface area contributed by atoms with Crippen LogP contribution >= 0.6 is 0 Å². The van der Waals surface area contributed by atoms with E-state index in [1.54, 1.807) is 13.8 Å². The minimum Gasteiger partial charge on any atom is -0.733 e. The minimum absolute atomic E-state index is 0.00215. The molecule has 65 heavy (non-hydrogen) atoms. The van der Waals surface area contributed by atoms with Crippen molar-refractivity contribution in [3.05, 3.63) is 136 Å². The molecule has 6 amide bonds. The highest BCUT2D eigenvalue weighted by Gasteiger charge is 2.34. The molecule has 0 spiro atoms. The Kier molecular flexibility index (Phi) is 15.4. The van der Waals surface area contributed by atoms with Crippen molar-refractivity contribution < 1.29 is 63.2 Å². The van der Waals surface area contributed by atoms with Crippen molar-refractivity contribution in [2.75, 3.05) is 40.7 Å². The number of carboxylic acid groups (broad SMARTS) is 1. The number of nitrogens with two attached hydrogens (primary N) is 1. The lowest BCUT2D eigenvalue weighted by molar-refractivity contribution is -0.134. The van der Waals surface area contributed by atoms with E-state index < -0.39 is 65.4 Å². The fraction of sp³-hybridized carbons (Fsp3) is 0.159. The van der Waals surface area contributed by atoms with Gasteiger partial charge in [-0.1, -0.05) is 0 Å². The van der Waals surface area contributed by atoms with Gasteiger partial charge in [-0.3, -0.25) is 34.0 Å². The third-order valence-corrected chi connectivity index (χ3v) is 9.25. The van der Waals surface area contributed by atoms with Crippen molar-refractivity contribution in [3.63, 3.8) is 0 Å². The van der Waals surface area contributed by atoms with Gasteiger partial charge in [0.2, 0.25) is 11.8 Å². The van der Waals surface area contributed by atoms with E-state index in [2.05, 4.69) is 26.6 Å². The average Bonchev–Trinajstić information content (AvgIpc) is 3.27. The number of aromatic carboxylic acids is 1. The van der Waals surface area contributed by atoms with E-state index in [0.29, 0.717) is 0 Å². The molecule has 0 aliphatic rings. The number of carboxylic acids is 1. The highest BCUT2D eigenvalue weighted by atomic mass is 16.8. The number of nitrogens with zero attached hydrogens (tertiary/aromatic N) is 1. The first-order valence-electron chi connectivity index (χ1n) is 19.2. The number of carbonyl (C=O) groups is 7. The van der Waals surface area contributed by atoms with Crippen molar-refractivity contribution >= 4 is 69.8 Å². The Labute approximate surface area is 369 Å². The number of ether oxygens (including phenoxy) is 3. The standard InChI is InChI=1S/C44H42N7O14/c1-22(2)65-36-32(20-18-30(35(36)52)42(57)48-31-19-11-26(44(59)60)21-33(31)63-3)49-40(55)23-5-14-28(15-6-23)47-43(58)34(37(64-4)38(45)53)50-41(56)24-7-12-27(13-8-24)46-39(54)25-9-16-29(17-10-25)51(61)62/h5-22,34,37,52,61H,1-4H3,(H2,45,53)(H,46,54)(H,47,58)(H,48,57)(H,49,55)(H,50,56)(H,59,60)/q-1. The molecule has 5 aromatic rings. The maximum atomic E-state index is 13.5. The lowest BCUT2D eigenvalue weighted by Crippen LogP contribution is -2.56. The Hall–Kier alpha value is -8.53. The van der Waals surface area contributed by atoms with Crippen LogP contribution in [0.5, 0.6) is 17.2 Å². The number of phenolic OH excluding ortho intramolecular Hbond substituents is 1. The van der Waals surface area contributed by atoms with E-state index in [-0.39, 0.29) is 73.0 Å². The molecule has 0 aliphatic carbocycles. The minimum atomic E-state index is -1.66. The van der Waals surface area contributed by atoms with E-state index in [1.807, 2.05) is 0 Å². The summed E-state index contributed by atoms with van der Waals surface area (Å²) in [5.74, 6) is -6.82. The van der Waals surface area contributed by atoms with E-state index in [9.17, 15) is 49.0 Å². The van der Waals surface area contributed by atoms with Crippen LogP contribution in [0, 0.1) is 5.21 Å². The van der Waals surface area contributed by atoms with Gasteiger partial charge < -0.3 is 67.2 Å². The predicted octanol–water partition coefficient (Wildman–Crippen LogP) is 4.57. The molecule has 21 nitrogen and oxygen atoms in total. The number of hydrogen-bond donors (Lipinski definition) is 9. The van der Waals surface area contributed by atoms with Crippen LogP contribution in [0.25, 0.3) is 0 Å². The maximum Gasteiger partial charge on any atom is 0.335 e. The van der Waals surface area contributed by atoms with Gasteiger partial charge in [0, 0.05) is 35.2 Å². The van der Waals surface area contributed by atoms with Gasteiger partial charge in [-0.15, -0.1) is 0 Å². The van der Waals surface area contributed by atoms with Crippen molar-refractivity contribution in [1.29, 1.82) is 0 Å². The number of rotatable bonds is 18. The molecule has 5 aromatic carbocycles. The number of phenols is 1. The molecule has 0 aromatic heterocycles. The van der Waals surface area contributed by atoms with Crippen LogP contribution in [0.15, 0.2) is 103 Å². The van der Waals surface area contributed by atoms with Crippen LogP contribution in [0.2, 0.25) is 0 Å². The average molecular weight is 893 g/mol. The first-order valence-corrected chi connectivity index (χ1v) is 19.2. The summed E-state index contributed by atoms with van der Waals surface area (Å²) in [6, 6.07) is 20.8. The summed E-state index contributed by atoms with van der Waals surface area (Å²) in [6.07, 6.45) is -2.15. The molecule has 0 aliphatic heterocycles. The highest BCUT2D eigenvalue weighted by molar-refractivity contribution is 6.10. The van der Waals surface area contributed by atoms with Gasteiger partial charge >= 0.3 is 5.97 Å². The third-order valence-electron chi connectivity index (χ3n) is 9.25. The van der Waals surface area contributed by atoms with Gasteiger partial charge in [0.15, 0.2) is 17.6 Å². The van der Waals surface area contributed by atoms with Crippen LogP contribution in [0.3, 0.4) is 0 Å². The molecule has 5 rings (SSSR count). The van der Waals surface area contributed by atoms with E-state index in [1.165, 1.54) is 110 Å². The second-order valence-electron chi connectivity index (χ2n) is 14.1. The number of anilines is 5. The Balaban J connectivity index is 1.26. The van der Waals surface area contributed by atoms with E-state index in [4.69, 9.17) is 25.2 Å². The molecule has 0 saturated carbocycles. The zero-order valence-corrected chi connectivity index (χ0v) is 34.9. The summed E-state index contributed by atoms with van der Waals surface area (Å²) >= 11 is 0. The smallest absolute Gasteiger partial charge is 0.335 e. The number of amides is 6. The quantitative estimate of drug-likeness (QED) is 0.0544. The normalized spacial score (nSPS) is 11.6. The Morgan fingerprint density at radius 3 is 1.69 bits per heavy atom. The van der Waals surface area contributed by atoms with Crippen molar-refractivity contribution in [3.8, 4) is 17.2 Å². The number of carbonyl (C=O) groups excluding carboxylic acids is 6. The molecule has 0 bridgehead atoms. The monoisotopic (exact) mass is 892 g/mol. The number of methoxy groups -OCH3 is 2. The molecule has 0 saturated heterocycles. The van der Waals surface area contributed by atoms with Gasteiger partial charge in [-0.25, -0.2) is 4.79 Å². The van der Waals surface area contributed by atoms with E-state index in [0.717, 1.165) is 7.11 Å². The van der Waals surface area contributed by atoms with Gasteiger partial charge in [0.25, 0.3) is 23.6 Å². The third kappa shape index (κ3) is 11.9. The van der Waals surface area contributed by atoms with Gasteiger partial charge in [0.05, 0.1) is 41.4 Å². The van der Waals surface area contributed by atoms with Crippen LogP contribution in [0.4, 0.5) is 28.4 Å². The Morgan fingerprint density at radius 2 is 1.17 bits per heavy atom. The predicted molar refractivity (Wildman–Crippen MR) is 235 cm³/mol. The Bertz CT molecular complexity index is 2600. The second-order valence-corrected chi connectivity index (χ2v) is 14.1. The lowest BCUT2D eigenvalue weighted by atomic mass is 10.1. The first kappa shape index (κ1) is 47.5. The summed E-state index contributed by atoms with van der Waals surface area (Å²) in [7, 11) is 2.40. The van der Waals surface area contributed by atoms with Crippen LogP contribution < -0.4 is 47.0 Å². The summed E-state index contributed by atoms with van der Waals surface area (Å²) in [5, 5.41) is 52.9. The van der Waals surface area contributed by atoms with E-state index >= 15 is 0 Å². The van der Waals surface area contributed by atoms with Crippen LogP contribution in [-0.4, -0.2) is 89.3 Å². The number of nitrogens with one attached hydrogen (secondary N) is 5. The molecular weight excluding hydrogens is 851 g/mol.